The molecule has 1 unspecified atom stereocenters. The second-order valence-corrected chi connectivity index (χ2v) is 9.18. The van der Waals surface area contributed by atoms with Gasteiger partial charge in [-0.05, 0) is 59.3 Å². The van der Waals surface area contributed by atoms with Crippen LogP contribution < -0.4 is 5.32 Å². The number of carbonyl (C=O) groups excluding carboxylic acids is 2. The minimum Gasteiger partial charge on any atom is -0.388 e. The number of β-amino-alcohol motifs (C(OH)–C–C–N with tert-alkyl or cyclic N) is 1. The Morgan fingerprint density at radius 3 is 2.29 bits per heavy atom. The molecule has 3 rings (SSSR count). The highest BCUT2D eigenvalue weighted by Crippen LogP contribution is 2.48. The van der Waals surface area contributed by atoms with Crippen LogP contribution in [0.25, 0.3) is 0 Å². The maximum atomic E-state index is 13.2. The van der Waals surface area contributed by atoms with Crippen molar-refractivity contribution in [2.45, 2.75) is 89.1 Å². The zero-order valence-corrected chi connectivity index (χ0v) is 15.4. The minimum atomic E-state index is -1.05. The van der Waals surface area contributed by atoms with Crippen LogP contribution in [0.3, 0.4) is 0 Å². The first kappa shape index (κ1) is 17.7. The van der Waals surface area contributed by atoms with Crippen molar-refractivity contribution in [1.29, 1.82) is 0 Å². The van der Waals surface area contributed by atoms with Gasteiger partial charge in [0.1, 0.15) is 0 Å². The van der Waals surface area contributed by atoms with E-state index in [0.29, 0.717) is 25.2 Å². The number of hydrogen-bond acceptors (Lipinski definition) is 4. The Morgan fingerprint density at radius 2 is 1.79 bits per heavy atom. The number of rotatable bonds is 2. The number of imide groups is 1. The molecule has 1 saturated carbocycles. The molecule has 3 amide bonds. The van der Waals surface area contributed by atoms with Crippen LogP contribution in [0.2, 0.25) is 0 Å². The largest absolute Gasteiger partial charge is 0.388 e. The van der Waals surface area contributed by atoms with Gasteiger partial charge in [-0.25, -0.2) is 4.79 Å². The van der Waals surface area contributed by atoms with Crippen molar-refractivity contribution < 1.29 is 19.4 Å². The van der Waals surface area contributed by atoms with Gasteiger partial charge in [0, 0.05) is 6.42 Å². The highest BCUT2D eigenvalue weighted by molar-refractivity contribution is 6.08. The number of ether oxygens (including phenoxy) is 1. The van der Waals surface area contributed by atoms with Crippen molar-refractivity contribution in [1.82, 2.24) is 10.2 Å². The third-order valence-electron chi connectivity index (χ3n) is 6.08. The third-order valence-corrected chi connectivity index (χ3v) is 6.08. The molecule has 1 aliphatic carbocycles. The lowest BCUT2D eigenvalue weighted by Crippen LogP contribution is -2.59. The molecule has 2 heterocycles. The molecule has 3 fully saturated rings. The third kappa shape index (κ3) is 2.64. The number of amides is 3. The average Bonchev–Trinajstić information content (AvgIpc) is 2.77. The molecule has 1 spiro atoms. The van der Waals surface area contributed by atoms with Gasteiger partial charge in [-0.1, -0.05) is 6.92 Å². The van der Waals surface area contributed by atoms with Crippen molar-refractivity contribution in [3.63, 3.8) is 0 Å². The van der Waals surface area contributed by atoms with E-state index < -0.39 is 28.4 Å². The van der Waals surface area contributed by atoms with Crippen molar-refractivity contribution in [3.8, 4) is 0 Å². The average molecular weight is 338 g/mol. The van der Waals surface area contributed by atoms with Gasteiger partial charge in [-0.2, -0.15) is 0 Å². The smallest absolute Gasteiger partial charge is 0.325 e. The summed E-state index contributed by atoms with van der Waals surface area (Å²) in [6.07, 6.45) is 3.54. The SMILES string of the molecule is CC1CCC(O)(CN2C(=O)NC3(CC(C)(C)OC3(C)C)C2=O)CC1. The van der Waals surface area contributed by atoms with Crippen molar-refractivity contribution in [2.24, 2.45) is 5.92 Å². The van der Waals surface area contributed by atoms with Gasteiger partial charge in [-0.3, -0.25) is 9.69 Å². The van der Waals surface area contributed by atoms with Gasteiger partial charge in [0.2, 0.25) is 0 Å². The molecule has 0 aromatic rings. The topological polar surface area (TPSA) is 78.9 Å². The number of nitrogens with one attached hydrogen (secondary N) is 1. The number of nitrogens with zero attached hydrogens (tertiary/aromatic N) is 1. The lowest BCUT2D eigenvalue weighted by Gasteiger charge is -2.37. The molecule has 2 saturated heterocycles. The number of carbonyl (C=O) groups is 2. The van der Waals surface area contributed by atoms with Crippen molar-refractivity contribution >= 4 is 11.9 Å². The van der Waals surface area contributed by atoms with Crippen LogP contribution >= 0.6 is 0 Å². The first-order valence-corrected chi connectivity index (χ1v) is 8.97. The fraction of sp³-hybridized carbons (Fsp3) is 0.889. The predicted octanol–water partition coefficient (Wildman–Crippen LogP) is 2.20. The van der Waals surface area contributed by atoms with Gasteiger partial charge in [0.25, 0.3) is 5.91 Å². The summed E-state index contributed by atoms with van der Waals surface area (Å²) >= 11 is 0. The molecule has 0 bridgehead atoms. The summed E-state index contributed by atoms with van der Waals surface area (Å²) < 4.78 is 6.05. The molecule has 2 aliphatic heterocycles. The standard InChI is InChI=1S/C18H30N2O4/c1-12-6-8-17(23,9-7-12)11-20-13(21)18(19-14(20)22)10-15(2,3)24-16(18,4)5/h12,23H,6-11H2,1-5H3,(H,19,22). The van der Waals surface area contributed by atoms with E-state index in [2.05, 4.69) is 12.2 Å². The summed E-state index contributed by atoms with van der Waals surface area (Å²) in [5.74, 6) is 0.317. The lowest BCUT2D eigenvalue weighted by molar-refractivity contribution is -0.141. The monoisotopic (exact) mass is 338 g/mol. The zero-order valence-electron chi connectivity index (χ0n) is 15.4. The van der Waals surface area contributed by atoms with E-state index in [1.807, 2.05) is 27.7 Å². The van der Waals surface area contributed by atoms with Gasteiger partial charge >= 0.3 is 6.03 Å². The molecule has 3 aliphatic rings. The summed E-state index contributed by atoms with van der Waals surface area (Å²) in [5.41, 5.74) is -3.29. The quantitative estimate of drug-likeness (QED) is 0.757. The van der Waals surface area contributed by atoms with E-state index in [1.165, 1.54) is 4.90 Å². The van der Waals surface area contributed by atoms with E-state index in [-0.39, 0.29) is 12.5 Å². The Balaban J connectivity index is 1.83. The Hall–Kier alpha value is -1.14. The van der Waals surface area contributed by atoms with Crippen LogP contribution in [-0.2, 0) is 9.53 Å². The fourth-order valence-corrected chi connectivity index (χ4v) is 4.71. The Bertz CT molecular complexity index is 563. The molecule has 2 N–H and O–H groups in total. The molecule has 0 aromatic carbocycles. The molecule has 0 aromatic heterocycles. The van der Waals surface area contributed by atoms with Crippen molar-refractivity contribution in [3.05, 3.63) is 0 Å². The second kappa shape index (κ2) is 5.18. The zero-order chi connectivity index (χ0) is 18.0. The fourth-order valence-electron chi connectivity index (χ4n) is 4.71. The number of aliphatic hydroxyl groups is 1. The molecular weight excluding hydrogens is 308 g/mol. The maximum Gasteiger partial charge on any atom is 0.325 e. The van der Waals surface area contributed by atoms with Gasteiger partial charge < -0.3 is 15.2 Å². The predicted molar refractivity (Wildman–Crippen MR) is 89.4 cm³/mol. The molecule has 6 heteroatoms. The van der Waals surface area contributed by atoms with E-state index in [9.17, 15) is 14.7 Å². The second-order valence-electron chi connectivity index (χ2n) is 9.18. The molecule has 1 atom stereocenters. The van der Waals surface area contributed by atoms with Crippen LogP contribution in [0.1, 0.15) is 66.7 Å². The molecule has 0 radical (unpaired) electrons. The van der Waals surface area contributed by atoms with Crippen LogP contribution in [0.4, 0.5) is 4.79 Å². The normalized spacial score (nSPS) is 41.1. The Labute approximate surface area is 143 Å². The van der Waals surface area contributed by atoms with Crippen LogP contribution in [0, 0.1) is 5.92 Å². The number of urea groups is 1. The van der Waals surface area contributed by atoms with Crippen molar-refractivity contribution in [2.75, 3.05) is 6.54 Å². The highest BCUT2D eigenvalue weighted by Gasteiger charge is 2.67. The highest BCUT2D eigenvalue weighted by atomic mass is 16.5. The lowest BCUT2D eigenvalue weighted by atomic mass is 9.77. The van der Waals surface area contributed by atoms with Crippen LogP contribution in [-0.4, -0.2) is 50.8 Å². The first-order valence-electron chi connectivity index (χ1n) is 8.97. The molecule has 6 nitrogen and oxygen atoms in total. The molecule has 24 heavy (non-hydrogen) atoms. The molecular formula is C18H30N2O4. The minimum absolute atomic E-state index is 0.0721. The van der Waals surface area contributed by atoms with Gasteiger partial charge in [0.05, 0.1) is 23.3 Å². The maximum absolute atomic E-state index is 13.2. The van der Waals surface area contributed by atoms with Gasteiger partial charge in [0.15, 0.2) is 5.54 Å². The number of hydrogen-bond donors (Lipinski definition) is 2. The van der Waals surface area contributed by atoms with E-state index in [0.717, 1.165) is 12.8 Å². The molecule has 136 valence electrons. The first-order chi connectivity index (χ1) is 10.9. The summed E-state index contributed by atoms with van der Waals surface area (Å²) in [6, 6.07) is -0.415. The summed E-state index contributed by atoms with van der Waals surface area (Å²) in [6.45, 7) is 9.80. The Kier molecular flexibility index (Phi) is 3.81. The van der Waals surface area contributed by atoms with Crippen LogP contribution in [0.5, 0.6) is 0 Å². The summed E-state index contributed by atoms with van der Waals surface area (Å²) in [7, 11) is 0. The summed E-state index contributed by atoms with van der Waals surface area (Å²) in [5, 5.41) is 13.7. The van der Waals surface area contributed by atoms with E-state index >= 15 is 0 Å². The van der Waals surface area contributed by atoms with Gasteiger partial charge in [-0.15, -0.1) is 0 Å². The summed E-state index contributed by atoms with van der Waals surface area (Å²) in [4.78, 5) is 26.9. The Morgan fingerprint density at radius 1 is 1.21 bits per heavy atom. The van der Waals surface area contributed by atoms with Crippen LogP contribution in [0.15, 0.2) is 0 Å². The van der Waals surface area contributed by atoms with E-state index in [1.54, 1.807) is 0 Å². The van der Waals surface area contributed by atoms with E-state index in [4.69, 9.17) is 4.74 Å².